The number of aromatic nitrogens is 1. The third-order valence-corrected chi connectivity index (χ3v) is 5.90. The van der Waals surface area contributed by atoms with Crippen LogP contribution in [0.25, 0.3) is 0 Å². The number of likely N-dealkylation sites (tertiary alicyclic amines) is 2. The lowest BCUT2D eigenvalue weighted by Gasteiger charge is -2.33. The molecule has 1 aromatic rings. The summed E-state index contributed by atoms with van der Waals surface area (Å²) in [6.45, 7) is 6.67. The van der Waals surface area contributed by atoms with E-state index in [0.29, 0.717) is 12.3 Å². The van der Waals surface area contributed by atoms with Gasteiger partial charge < -0.3 is 9.80 Å². The molecule has 0 spiro atoms. The van der Waals surface area contributed by atoms with Gasteiger partial charge in [0.15, 0.2) is 0 Å². The SMILES string of the molecule is Cc1nc([C@H]2CCCN(C(=O)CN3CCCC3=O)C2)sc1C. The van der Waals surface area contributed by atoms with E-state index < -0.39 is 0 Å². The summed E-state index contributed by atoms with van der Waals surface area (Å²) >= 11 is 1.75. The first-order valence-corrected chi connectivity index (χ1v) is 8.85. The minimum atomic E-state index is 0.0879. The largest absolute Gasteiger partial charge is 0.340 e. The molecule has 0 aromatic carbocycles. The maximum absolute atomic E-state index is 12.5. The minimum absolute atomic E-state index is 0.0879. The third kappa shape index (κ3) is 3.16. The lowest BCUT2D eigenvalue weighted by molar-refractivity contribution is -0.139. The number of carbonyl (C=O) groups excluding carboxylic acids is 2. The Morgan fingerprint density at radius 3 is 2.77 bits per heavy atom. The Balaban J connectivity index is 1.62. The van der Waals surface area contributed by atoms with Gasteiger partial charge in [-0.05, 0) is 33.1 Å². The highest BCUT2D eigenvalue weighted by Crippen LogP contribution is 2.31. The van der Waals surface area contributed by atoms with Crippen LogP contribution in [0.15, 0.2) is 0 Å². The van der Waals surface area contributed by atoms with Crippen molar-refractivity contribution < 1.29 is 9.59 Å². The second-order valence-electron chi connectivity index (χ2n) is 6.29. The summed E-state index contributed by atoms with van der Waals surface area (Å²) in [5, 5.41) is 1.16. The molecule has 5 nitrogen and oxygen atoms in total. The van der Waals surface area contributed by atoms with Gasteiger partial charge in [-0.1, -0.05) is 0 Å². The molecular formula is C16H23N3O2S. The number of hydrogen-bond donors (Lipinski definition) is 0. The number of thiazole rings is 1. The van der Waals surface area contributed by atoms with Crippen LogP contribution in [-0.4, -0.2) is 52.8 Å². The number of amides is 2. The lowest BCUT2D eigenvalue weighted by atomic mass is 9.98. The van der Waals surface area contributed by atoms with E-state index in [9.17, 15) is 9.59 Å². The summed E-state index contributed by atoms with van der Waals surface area (Å²) in [4.78, 5) is 33.7. The molecule has 6 heteroatoms. The number of aryl methyl sites for hydroxylation is 2. The average Bonchev–Trinajstić information content (AvgIpc) is 3.06. The molecule has 1 aromatic heterocycles. The summed E-state index contributed by atoms with van der Waals surface area (Å²) in [7, 11) is 0. The van der Waals surface area contributed by atoms with Gasteiger partial charge in [0, 0.05) is 36.9 Å². The molecule has 120 valence electrons. The zero-order chi connectivity index (χ0) is 15.7. The zero-order valence-electron chi connectivity index (χ0n) is 13.3. The predicted octanol–water partition coefficient (Wildman–Crippen LogP) is 2.09. The summed E-state index contributed by atoms with van der Waals surface area (Å²) in [5.41, 5.74) is 1.10. The van der Waals surface area contributed by atoms with E-state index in [0.717, 1.165) is 49.6 Å². The van der Waals surface area contributed by atoms with Crippen LogP contribution in [0.5, 0.6) is 0 Å². The van der Waals surface area contributed by atoms with Crippen molar-refractivity contribution in [3.8, 4) is 0 Å². The Hall–Kier alpha value is -1.43. The fourth-order valence-corrected chi connectivity index (χ4v) is 4.26. The first-order chi connectivity index (χ1) is 10.5. The van der Waals surface area contributed by atoms with E-state index in [2.05, 4.69) is 11.9 Å². The molecule has 3 heterocycles. The number of rotatable bonds is 3. The fourth-order valence-electron chi connectivity index (χ4n) is 3.21. The standard InChI is InChI=1S/C16H23N3O2S/c1-11-12(2)22-16(17-11)13-5-3-7-18(9-13)15(21)10-19-8-4-6-14(19)20/h13H,3-10H2,1-2H3/t13-/m0/s1. The predicted molar refractivity (Wildman–Crippen MR) is 86.0 cm³/mol. The van der Waals surface area contributed by atoms with Crippen LogP contribution < -0.4 is 0 Å². The highest BCUT2D eigenvalue weighted by molar-refractivity contribution is 7.11. The van der Waals surface area contributed by atoms with Gasteiger partial charge in [-0.25, -0.2) is 4.98 Å². The molecule has 3 rings (SSSR count). The van der Waals surface area contributed by atoms with Crippen molar-refractivity contribution in [1.82, 2.24) is 14.8 Å². The zero-order valence-corrected chi connectivity index (χ0v) is 14.1. The van der Waals surface area contributed by atoms with Crippen LogP contribution >= 0.6 is 11.3 Å². The van der Waals surface area contributed by atoms with E-state index in [1.54, 1.807) is 16.2 Å². The van der Waals surface area contributed by atoms with E-state index in [1.807, 2.05) is 11.8 Å². The summed E-state index contributed by atoms with van der Waals surface area (Å²) in [6, 6.07) is 0. The van der Waals surface area contributed by atoms with Crippen molar-refractivity contribution in [2.45, 2.75) is 45.4 Å². The quantitative estimate of drug-likeness (QED) is 0.856. The van der Waals surface area contributed by atoms with E-state index in [1.165, 1.54) is 4.88 Å². The van der Waals surface area contributed by atoms with Crippen LogP contribution in [0.2, 0.25) is 0 Å². The van der Waals surface area contributed by atoms with E-state index in [4.69, 9.17) is 0 Å². The van der Waals surface area contributed by atoms with Crippen LogP contribution in [0.1, 0.15) is 47.2 Å². The number of piperidine rings is 1. The second kappa shape index (κ2) is 6.36. The van der Waals surface area contributed by atoms with E-state index in [-0.39, 0.29) is 18.4 Å². The number of hydrogen-bond acceptors (Lipinski definition) is 4. The van der Waals surface area contributed by atoms with Gasteiger partial charge in [0.1, 0.15) is 0 Å². The molecular weight excluding hydrogens is 298 g/mol. The van der Waals surface area contributed by atoms with Gasteiger partial charge in [-0.3, -0.25) is 9.59 Å². The molecule has 0 saturated carbocycles. The molecule has 0 unspecified atom stereocenters. The van der Waals surface area contributed by atoms with Crippen molar-refractivity contribution in [3.05, 3.63) is 15.6 Å². The van der Waals surface area contributed by atoms with Crippen LogP contribution in [0, 0.1) is 13.8 Å². The molecule has 0 radical (unpaired) electrons. The highest BCUT2D eigenvalue weighted by atomic mass is 32.1. The average molecular weight is 321 g/mol. The molecule has 2 aliphatic rings. The molecule has 0 bridgehead atoms. The Morgan fingerprint density at radius 1 is 1.32 bits per heavy atom. The van der Waals surface area contributed by atoms with E-state index >= 15 is 0 Å². The molecule has 22 heavy (non-hydrogen) atoms. The van der Waals surface area contributed by atoms with Gasteiger partial charge >= 0.3 is 0 Å². The summed E-state index contributed by atoms with van der Waals surface area (Å²) < 4.78 is 0. The monoisotopic (exact) mass is 321 g/mol. The van der Waals surface area contributed by atoms with Gasteiger partial charge in [0.05, 0.1) is 17.2 Å². The Morgan fingerprint density at radius 2 is 2.14 bits per heavy atom. The minimum Gasteiger partial charge on any atom is -0.340 e. The number of carbonyl (C=O) groups is 2. The molecule has 2 saturated heterocycles. The first kappa shape index (κ1) is 15.5. The second-order valence-corrected chi connectivity index (χ2v) is 7.53. The Bertz CT molecular complexity index is 564. The van der Waals surface area contributed by atoms with Gasteiger partial charge in [-0.15, -0.1) is 11.3 Å². The van der Waals surface area contributed by atoms with Gasteiger partial charge in [0.25, 0.3) is 0 Å². The number of nitrogens with zero attached hydrogens (tertiary/aromatic N) is 3. The third-order valence-electron chi connectivity index (χ3n) is 4.67. The van der Waals surface area contributed by atoms with Crippen molar-refractivity contribution in [3.63, 3.8) is 0 Å². The maximum Gasteiger partial charge on any atom is 0.242 e. The smallest absolute Gasteiger partial charge is 0.242 e. The Kier molecular flexibility index (Phi) is 4.47. The summed E-state index contributed by atoms with van der Waals surface area (Å²) in [6.07, 6.45) is 3.58. The van der Waals surface area contributed by atoms with Crippen LogP contribution in [0.3, 0.4) is 0 Å². The summed E-state index contributed by atoms with van der Waals surface area (Å²) in [5.74, 6) is 0.558. The first-order valence-electron chi connectivity index (χ1n) is 8.04. The highest BCUT2D eigenvalue weighted by Gasteiger charge is 2.29. The van der Waals surface area contributed by atoms with Crippen molar-refractivity contribution >= 4 is 23.2 Å². The van der Waals surface area contributed by atoms with Gasteiger partial charge in [-0.2, -0.15) is 0 Å². The van der Waals surface area contributed by atoms with Crippen molar-refractivity contribution in [2.75, 3.05) is 26.2 Å². The molecule has 2 fully saturated rings. The topological polar surface area (TPSA) is 53.5 Å². The molecule has 1 atom stereocenters. The van der Waals surface area contributed by atoms with Crippen molar-refractivity contribution in [2.24, 2.45) is 0 Å². The molecule has 2 amide bonds. The maximum atomic E-state index is 12.5. The normalized spacial score (nSPS) is 22.5. The van der Waals surface area contributed by atoms with Crippen molar-refractivity contribution in [1.29, 1.82) is 0 Å². The molecule has 0 aliphatic carbocycles. The Labute approximate surface area is 135 Å². The fraction of sp³-hybridized carbons (Fsp3) is 0.688. The lowest BCUT2D eigenvalue weighted by Crippen LogP contribution is -2.44. The van der Waals surface area contributed by atoms with Crippen LogP contribution in [0.4, 0.5) is 0 Å². The molecule has 2 aliphatic heterocycles. The van der Waals surface area contributed by atoms with Crippen LogP contribution in [-0.2, 0) is 9.59 Å². The van der Waals surface area contributed by atoms with Gasteiger partial charge in [0.2, 0.25) is 11.8 Å². The molecule has 0 N–H and O–H groups in total.